The van der Waals surface area contributed by atoms with E-state index in [9.17, 15) is 4.79 Å². The molecule has 108 valence electrons. The maximum absolute atomic E-state index is 12.3. The highest BCUT2D eigenvalue weighted by Crippen LogP contribution is 2.20. The molecule has 1 amide bonds. The second-order valence-electron chi connectivity index (χ2n) is 5.03. The molecule has 0 atom stereocenters. The summed E-state index contributed by atoms with van der Waals surface area (Å²) in [6.45, 7) is 1.87. The van der Waals surface area contributed by atoms with Gasteiger partial charge in [0.2, 0.25) is 0 Å². The first-order valence-electron chi connectivity index (χ1n) is 7.12. The Balaban J connectivity index is 1.78. The minimum absolute atomic E-state index is 0.129. The number of hydrogen-bond donors (Lipinski definition) is 1. The number of anilines is 1. The molecule has 3 rings (SSSR count). The normalized spacial score (nSPS) is 10.2. The number of pyridine rings is 1. The third-order valence-corrected chi connectivity index (χ3v) is 3.51. The highest BCUT2D eigenvalue weighted by molar-refractivity contribution is 6.04. The molecule has 0 fully saturated rings. The van der Waals surface area contributed by atoms with Crippen LogP contribution in [0.1, 0.15) is 16.1 Å². The van der Waals surface area contributed by atoms with E-state index in [1.54, 1.807) is 12.3 Å². The minimum Gasteiger partial charge on any atom is -0.320 e. The van der Waals surface area contributed by atoms with Gasteiger partial charge in [-0.15, -0.1) is 0 Å². The van der Waals surface area contributed by atoms with Crippen molar-refractivity contribution in [1.82, 2.24) is 4.98 Å². The van der Waals surface area contributed by atoms with Crippen LogP contribution in [-0.4, -0.2) is 10.9 Å². The van der Waals surface area contributed by atoms with Crippen LogP contribution in [-0.2, 0) is 0 Å². The molecule has 0 aliphatic rings. The van der Waals surface area contributed by atoms with Gasteiger partial charge in [0.05, 0.1) is 11.4 Å². The zero-order valence-corrected chi connectivity index (χ0v) is 12.3. The molecule has 3 heteroatoms. The fourth-order valence-electron chi connectivity index (χ4n) is 2.26. The molecule has 0 aliphatic carbocycles. The van der Waals surface area contributed by atoms with Gasteiger partial charge in [-0.1, -0.05) is 42.5 Å². The predicted octanol–water partition coefficient (Wildman–Crippen LogP) is 4.31. The van der Waals surface area contributed by atoms with Crippen molar-refractivity contribution < 1.29 is 4.79 Å². The minimum atomic E-state index is -0.129. The van der Waals surface area contributed by atoms with E-state index in [0.29, 0.717) is 5.56 Å². The molecule has 0 aliphatic heterocycles. The molecule has 0 saturated carbocycles. The van der Waals surface area contributed by atoms with E-state index in [1.807, 2.05) is 67.6 Å². The van der Waals surface area contributed by atoms with Gasteiger partial charge < -0.3 is 5.32 Å². The van der Waals surface area contributed by atoms with Gasteiger partial charge in [-0.2, -0.15) is 0 Å². The first kappa shape index (κ1) is 14.0. The van der Waals surface area contributed by atoms with Crippen molar-refractivity contribution in [3.8, 4) is 11.1 Å². The summed E-state index contributed by atoms with van der Waals surface area (Å²) in [7, 11) is 0. The van der Waals surface area contributed by atoms with Crippen LogP contribution in [0.2, 0.25) is 0 Å². The van der Waals surface area contributed by atoms with Crippen LogP contribution < -0.4 is 5.32 Å². The van der Waals surface area contributed by atoms with Gasteiger partial charge in [-0.25, -0.2) is 0 Å². The van der Waals surface area contributed by atoms with Crippen molar-refractivity contribution in [1.29, 1.82) is 0 Å². The van der Waals surface area contributed by atoms with Crippen LogP contribution in [0.3, 0.4) is 0 Å². The van der Waals surface area contributed by atoms with E-state index in [0.717, 1.165) is 22.5 Å². The van der Waals surface area contributed by atoms with Gasteiger partial charge in [-0.05, 0) is 42.3 Å². The van der Waals surface area contributed by atoms with Crippen molar-refractivity contribution in [2.45, 2.75) is 6.92 Å². The van der Waals surface area contributed by atoms with Gasteiger partial charge in [0.15, 0.2) is 0 Å². The Morgan fingerprint density at radius 2 is 1.55 bits per heavy atom. The Hall–Kier alpha value is -2.94. The van der Waals surface area contributed by atoms with E-state index < -0.39 is 0 Å². The third kappa shape index (κ3) is 3.04. The zero-order valence-electron chi connectivity index (χ0n) is 12.3. The van der Waals surface area contributed by atoms with Crippen LogP contribution in [0.25, 0.3) is 11.1 Å². The Bertz CT molecular complexity index is 780. The third-order valence-electron chi connectivity index (χ3n) is 3.51. The molecule has 0 saturated heterocycles. The number of amides is 1. The average Bonchev–Trinajstić information content (AvgIpc) is 2.58. The monoisotopic (exact) mass is 288 g/mol. The molecule has 1 N–H and O–H groups in total. The lowest BCUT2D eigenvalue weighted by Gasteiger charge is -2.08. The standard InChI is InChI=1S/C19H16N2O/c1-14-18(8-5-13-20-14)21-19(22)17-11-9-16(10-12-17)15-6-3-2-4-7-15/h2-13H,1H3,(H,21,22). The number of rotatable bonds is 3. The lowest BCUT2D eigenvalue weighted by Crippen LogP contribution is -2.12. The van der Waals surface area contributed by atoms with Crippen LogP contribution in [0.15, 0.2) is 72.9 Å². The number of aryl methyl sites for hydroxylation is 1. The largest absolute Gasteiger partial charge is 0.320 e. The summed E-state index contributed by atoms with van der Waals surface area (Å²) in [5, 5.41) is 2.88. The van der Waals surface area contributed by atoms with Crippen molar-refractivity contribution in [3.63, 3.8) is 0 Å². The highest BCUT2D eigenvalue weighted by Gasteiger charge is 2.08. The van der Waals surface area contributed by atoms with Gasteiger partial charge in [-0.3, -0.25) is 9.78 Å². The topological polar surface area (TPSA) is 42.0 Å². The highest BCUT2D eigenvalue weighted by atomic mass is 16.1. The first-order valence-corrected chi connectivity index (χ1v) is 7.12. The summed E-state index contributed by atoms with van der Waals surface area (Å²) in [6.07, 6.45) is 1.71. The van der Waals surface area contributed by atoms with E-state index in [4.69, 9.17) is 0 Å². The summed E-state index contributed by atoms with van der Waals surface area (Å²) >= 11 is 0. The molecular formula is C19H16N2O. The molecule has 0 spiro atoms. The van der Waals surface area contributed by atoms with Gasteiger partial charge in [0.1, 0.15) is 0 Å². The van der Waals surface area contributed by atoms with E-state index in [1.165, 1.54) is 0 Å². The van der Waals surface area contributed by atoms with Gasteiger partial charge in [0.25, 0.3) is 5.91 Å². The average molecular weight is 288 g/mol. The second kappa shape index (κ2) is 6.22. The summed E-state index contributed by atoms with van der Waals surface area (Å²) in [5.74, 6) is -0.129. The molecule has 3 aromatic rings. The number of nitrogens with zero attached hydrogens (tertiary/aromatic N) is 1. The summed E-state index contributed by atoms with van der Waals surface area (Å²) in [6, 6.07) is 21.3. The van der Waals surface area contributed by atoms with Gasteiger partial charge >= 0.3 is 0 Å². The van der Waals surface area contributed by atoms with Crippen LogP contribution >= 0.6 is 0 Å². The molecule has 22 heavy (non-hydrogen) atoms. The molecular weight excluding hydrogens is 272 g/mol. The Labute approximate surface area is 129 Å². The van der Waals surface area contributed by atoms with Crippen molar-refractivity contribution in [3.05, 3.63) is 84.2 Å². The maximum Gasteiger partial charge on any atom is 0.255 e. The maximum atomic E-state index is 12.3. The van der Waals surface area contributed by atoms with Gasteiger partial charge in [0, 0.05) is 11.8 Å². The number of nitrogens with one attached hydrogen (secondary N) is 1. The van der Waals surface area contributed by atoms with Crippen molar-refractivity contribution >= 4 is 11.6 Å². The SMILES string of the molecule is Cc1ncccc1NC(=O)c1ccc(-c2ccccc2)cc1. The van der Waals surface area contributed by atoms with E-state index in [-0.39, 0.29) is 5.91 Å². The van der Waals surface area contributed by atoms with Crippen LogP contribution in [0.5, 0.6) is 0 Å². The number of hydrogen-bond acceptors (Lipinski definition) is 2. The number of carbonyl (C=O) groups excluding carboxylic acids is 1. The van der Waals surface area contributed by atoms with E-state index >= 15 is 0 Å². The lowest BCUT2D eigenvalue weighted by atomic mass is 10.0. The Morgan fingerprint density at radius 3 is 2.23 bits per heavy atom. The van der Waals surface area contributed by atoms with Crippen LogP contribution in [0, 0.1) is 6.92 Å². The van der Waals surface area contributed by atoms with Crippen LogP contribution in [0.4, 0.5) is 5.69 Å². The fourth-order valence-corrected chi connectivity index (χ4v) is 2.26. The second-order valence-corrected chi connectivity index (χ2v) is 5.03. The van der Waals surface area contributed by atoms with Crippen molar-refractivity contribution in [2.75, 3.05) is 5.32 Å². The molecule has 2 aromatic carbocycles. The summed E-state index contributed by atoms with van der Waals surface area (Å²) in [5.41, 5.74) is 4.39. The molecule has 1 heterocycles. The smallest absolute Gasteiger partial charge is 0.255 e. The molecule has 3 nitrogen and oxygen atoms in total. The fraction of sp³-hybridized carbons (Fsp3) is 0.0526. The number of carbonyl (C=O) groups is 1. The summed E-state index contributed by atoms with van der Waals surface area (Å²) < 4.78 is 0. The molecule has 0 unspecified atom stereocenters. The summed E-state index contributed by atoms with van der Waals surface area (Å²) in [4.78, 5) is 16.4. The quantitative estimate of drug-likeness (QED) is 0.780. The van der Waals surface area contributed by atoms with E-state index in [2.05, 4.69) is 10.3 Å². The number of benzene rings is 2. The Kier molecular flexibility index (Phi) is 3.97. The molecule has 1 aromatic heterocycles. The van der Waals surface area contributed by atoms with Crippen molar-refractivity contribution in [2.24, 2.45) is 0 Å². The Morgan fingerprint density at radius 1 is 0.864 bits per heavy atom. The first-order chi connectivity index (χ1) is 10.7. The lowest BCUT2D eigenvalue weighted by molar-refractivity contribution is 0.102. The molecule has 0 radical (unpaired) electrons. The number of aromatic nitrogens is 1. The zero-order chi connectivity index (χ0) is 15.4. The predicted molar refractivity (Wildman–Crippen MR) is 88.8 cm³/mol. The molecule has 0 bridgehead atoms.